The van der Waals surface area contributed by atoms with Gasteiger partial charge in [0.15, 0.2) is 0 Å². The largest absolute Gasteiger partial charge is 0.494 e. The molecule has 0 amide bonds. The van der Waals surface area contributed by atoms with E-state index in [2.05, 4.69) is 0 Å². The zero-order valence-corrected chi connectivity index (χ0v) is 18.0. The van der Waals surface area contributed by atoms with Gasteiger partial charge in [-0.3, -0.25) is 0 Å². The van der Waals surface area contributed by atoms with Crippen molar-refractivity contribution in [2.24, 2.45) is 5.92 Å². The van der Waals surface area contributed by atoms with E-state index in [9.17, 15) is 18.3 Å². The van der Waals surface area contributed by atoms with Gasteiger partial charge in [0.25, 0.3) is 0 Å². The average Bonchev–Trinajstić information content (AvgIpc) is 2.87. The van der Waals surface area contributed by atoms with Gasteiger partial charge in [-0.25, -0.2) is 0 Å². The molecule has 0 bridgehead atoms. The number of aliphatic hydroxyl groups is 1. The van der Waals surface area contributed by atoms with Gasteiger partial charge in [-0.2, -0.15) is 13.2 Å². The minimum atomic E-state index is -4.12. The number of rotatable bonds is 6. The first-order chi connectivity index (χ1) is 13.9. The monoisotopic (exact) mass is 429 g/mol. The van der Waals surface area contributed by atoms with Crippen molar-refractivity contribution in [2.75, 3.05) is 26.2 Å². The fourth-order valence-corrected chi connectivity index (χ4v) is 3.69. The van der Waals surface area contributed by atoms with Gasteiger partial charge in [0.05, 0.1) is 17.1 Å². The highest BCUT2D eigenvalue weighted by molar-refractivity contribution is 6.62. The van der Waals surface area contributed by atoms with Crippen LogP contribution in [-0.2, 0) is 9.31 Å². The molecule has 0 spiro atoms. The number of hydrogen-bond donors (Lipinski definition) is 1. The molecule has 0 saturated carbocycles. The molecule has 9 heteroatoms. The summed E-state index contributed by atoms with van der Waals surface area (Å²) in [7, 11) is -0.450. The van der Waals surface area contributed by atoms with E-state index in [1.807, 2.05) is 44.7 Å². The van der Waals surface area contributed by atoms with E-state index in [0.717, 1.165) is 5.46 Å². The second-order valence-electron chi connectivity index (χ2n) is 9.24. The first-order valence-corrected chi connectivity index (χ1v) is 10.4. The summed E-state index contributed by atoms with van der Waals surface area (Å²) in [6.07, 6.45) is -4.73. The number of ether oxygens (including phenoxy) is 1. The molecule has 2 saturated heterocycles. The maximum Gasteiger partial charge on any atom is 0.494 e. The summed E-state index contributed by atoms with van der Waals surface area (Å²) in [4.78, 5) is 1.86. The predicted octanol–water partition coefficient (Wildman–Crippen LogP) is 3.00. The Hall–Kier alpha value is -1.29. The summed E-state index contributed by atoms with van der Waals surface area (Å²) in [5.74, 6) is -0.630. The Morgan fingerprint density at radius 2 is 1.63 bits per heavy atom. The normalized spacial score (nSPS) is 23.5. The molecule has 1 aromatic rings. The van der Waals surface area contributed by atoms with Gasteiger partial charge in [0, 0.05) is 6.54 Å². The van der Waals surface area contributed by atoms with E-state index in [-0.39, 0.29) is 19.4 Å². The van der Waals surface area contributed by atoms with Crippen molar-refractivity contribution in [1.82, 2.24) is 4.90 Å². The van der Waals surface area contributed by atoms with Crippen LogP contribution in [0.1, 0.15) is 40.5 Å². The Bertz CT molecular complexity index is 687. The number of alkyl halides is 3. The lowest BCUT2D eigenvalue weighted by molar-refractivity contribution is -0.185. The van der Waals surface area contributed by atoms with Crippen LogP contribution in [0.2, 0.25) is 0 Å². The van der Waals surface area contributed by atoms with Gasteiger partial charge in [-0.05, 0) is 71.2 Å². The first kappa shape index (κ1) is 23.4. The lowest BCUT2D eigenvalue weighted by Gasteiger charge is -2.33. The Morgan fingerprint density at radius 3 is 2.13 bits per heavy atom. The molecule has 0 aliphatic carbocycles. The van der Waals surface area contributed by atoms with Crippen LogP contribution in [0.3, 0.4) is 0 Å². The zero-order chi connectivity index (χ0) is 22.2. The van der Waals surface area contributed by atoms with E-state index in [0.29, 0.717) is 25.4 Å². The third-order valence-electron chi connectivity index (χ3n) is 6.37. The van der Waals surface area contributed by atoms with Crippen LogP contribution in [0.15, 0.2) is 24.3 Å². The third kappa shape index (κ3) is 5.49. The van der Waals surface area contributed by atoms with Crippen LogP contribution >= 0.6 is 0 Å². The summed E-state index contributed by atoms with van der Waals surface area (Å²) in [5, 5.41) is 10.2. The minimum Gasteiger partial charge on any atom is -0.491 e. The topological polar surface area (TPSA) is 51.2 Å². The lowest BCUT2D eigenvalue weighted by Crippen LogP contribution is -2.43. The van der Waals surface area contributed by atoms with Gasteiger partial charge >= 0.3 is 13.3 Å². The molecule has 2 heterocycles. The van der Waals surface area contributed by atoms with Crippen molar-refractivity contribution >= 4 is 12.6 Å². The summed E-state index contributed by atoms with van der Waals surface area (Å²) < 4.78 is 55.9. The molecule has 30 heavy (non-hydrogen) atoms. The van der Waals surface area contributed by atoms with E-state index in [1.54, 1.807) is 12.1 Å². The summed E-state index contributed by atoms with van der Waals surface area (Å²) in [6, 6.07) is 7.32. The molecule has 1 aromatic carbocycles. The minimum absolute atomic E-state index is 0.0784. The van der Waals surface area contributed by atoms with Crippen LogP contribution in [-0.4, -0.2) is 66.8 Å². The van der Waals surface area contributed by atoms with Crippen molar-refractivity contribution in [3.8, 4) is 5.75 Å². The number of likely N-dealkylation sites (tertiary alicyclic amines) is 1. The van der Waals surface area contributed by atoms with E-state index >= 15 is 0 Å². The predicted molar refractivity (Wildman–Crippen MR) is 109 cm³/mol. The molecule has 0 radical (unpaired) electrons. The molecular weight excluding hydrogens is 398 g/mol. The van der Waals surface area contributed by atoms with Crippen LogP contribution in [0.25, 0.3) is 0 Å². The number of β-amino-alcohol motifs (C(OH)–C–C–N with tert-alkyl or cyclic N) is 1. The fraction of sp³-hybridized carbons (Fsp3) is 0.714. The van der Waals surface area contributed by atoms with E-state index < -0.39 is 36.5 Å². The van der Waals surface area contributed by atoms with Gasteiger partial charge in [0.1, 0.15) is 18.5 Å². The lowest BCUT2D eigenvalue weighted by atomic mass is 9.79. The molecule has 5 nitrogen and oxygen atoms in total. The second-order valence-corrected chi connectivity index (χ2v) is 9.24. The standard InChI is InChI=1S/C21H31BF3NO4/c1-19(2)20(3,4)30-22(29-19)16-5-7-18(8-6-16)28-14-17(27)13-26-11-9-15(10-12-26)21(23,24)25/h5-8,15,17,27H,9-14H2,1-4H3. The molecule has 0 aromatic heterocycles. The molecule has 2 aliphatic rings. The van der Waals surface area contributed by atoms with Gasteiger partial charge in [0.2, 0.25) is 0 Å². The third-order valence-corrected chi connectivity index (χ3v) is 6.37. The molecule has 168 valence electrons. The smallest absolute Gasteiger partial charge is 0.491 e. The van der Waals surface area contributed by atoms with Gasteiger partial charge < -0.3 is 24.1 Å². The first-order valence-electron chi connectivity index (χ1n) is 10.4. The fourth-order valence-electron chi connectivity index (χ4n) is 3.69. The maximum absolute atomic E-state index is 12.7. The van der Waals surface area contributed by atoms with Crippen molar-refractivity contribution in [2.45, 2.75) is 64.0 Å². The Labute approximate surface area is 176 Å². The van der Waals surface area contributed by atoms with Crippen molar-refractivity contribution in [3.05, 3.63) is 24.3 Å². The van der Waals surface area contributed by atoms with E-state index in [1.165, 1.54) is 0 Å². The van der Waals surface area contributed by atoms with Crippen LogP contribution in [0.5, 0.6) is 5.75 Å². The number of hydrogen-bond acceptors (Lipinski definition) is 5. The second kappa shape index (κ2) is 8.69. The molecule has 2 aliphatic heterocycles. The molecule has 2 fully saturated rings. The molecule has 1 unspecified atom stereocenters. The number of benzene rings is 1. The average molecular weight is 429 g/mol. The number of piperidine rings is 1. The Morgan fingerprint density at radius 1 is 1.10 bits per heavy atom. The van der Waals surface area contributed by atoms with Crippen LogP contribution in [0, 0.1) is 5.92 Å². The van der Waals surface area contributed by atoms with Crippen molar-refractivity contribution < 1.29 is 32.3 Å². The van der Waals surface area contributed by atoms with Crippen LogP contribution < -0.4 is 10.2 Å². The molecule has 3 rings (SSSR count). The number of halogens is 3. The van der Waals surface area contributed by atoms with Gasteiger partial charge in [-0.15, -0.1) is 0 Å². The highest BCUT2D eigenvalue weighted by atomic mass is 19.4. The number of aliphatic hydroxyl groups excluding tert-OH is 1. The highest BCUT2D eigenvalue weighted by Crippen LogP contribution is 2.36. The summed E-state index contributed by atoms with van der Waals surface area (Å²) >= 11 is 0. The molecular formula is C21H31BF3NO4. The van der Waals surface area contributed by atoms with E-state index in [4.69, 9.17) is 14.0 Å². The maximum atomic E-state index is 12.7. The summed E-state index contributed by atoms with van der Waals surface area (Å²) in [5.41, 5.74) is 0.0610. The summed E-state index contributed by atoms with van der Waals surface area (Å²) in [6.45, 7) is 9.05. The Kier molecular flexibility index (Phi) is 6.77. The zero-order valence-electron chi connectivity index (χ0n) is 18.0. The van der Waals surface area contributed by atoms with Crippen molar-refractivity contribution in [3.63, 3.8) is 0 Å². The molecule has 1 atom stereocenters. The van der Waals surface area contributed by atoms with Crippen LogP contribution in [0.4, 0.5) is 13.2 Å². The quantitative estimate of drug-likeness (QED) is 0.705. The van der Waals surface area contributed by atoms with Gasteiger partial charge in [-0.1, -0.05) is 12.1 Å². The molecule has 1 N–H and O–H groups in total. The SMILES string of the molecule is CC1(C)OB(c2ccc(OCC(O)CN3CCC(C(F)(F)F)CC3)cc2)OC1(C)C. The van der Waals surface area contributed by atoms with Crippen molar-refractivity contribution in [1.29, 1.82) is 0 Å². The number of nitrogens with zero attached hydrogens (tertiary/aromatic N) is 1. The Balaban J connectivity index is 1.43. The highest BCUT2D eigenvalue weighted by Gasteiger charge is 2.51.